The van der Waals surface area contributed by atoms with E-state index in [0.717, 1.165) is 12.0 Å². The maximum absolute atomic E-state index is 14.5. The maximum atomic E-state index is 14.5. The number of rotatable bonds is 6. The van der Waals surface area contributed by atoms with Crippen molar-refractivity contribution in [1.29, 1.82) is 0 Å². The van der Waals surface area contributed by atoms with Gasteiger partial charge in [0, 0.05) is 23.4 Å². The molecule has 0 N–H and O–H groups in total. The number of hydrogen-bond donors (Lipinski definition) is 0. The number of methoxy groups -OCH3 is 1. The number of benzene rings is 2. The Hall–Kier alpha value is -3.15. The maximum Gasteiger partial charge on any atom is 0.311 e. The lowest BCUT2D eigenvalue weighted by Crippen LogP contribution is -2.15. The van der Waals surface area contributed by atoms with Crippen molar-refractivity contribution in [2.45, 2.75) is 40.5 Å². The average Bonchev–Trinajstić information content (AvgIpc) is 2.97. The predicted molar refractivity (Wildman–Crippen MR) is 114 cm³/mol. The van der Waals surface area contributed by atoms with Crippen LogP contribution in [0.2, 0.25) is 0 Å². The first-order valence-corrected chi connectivity index (χ1v) is 9.97. The zero-order valence-electron chi connectivity index (χ0n) is 17.9. The van der Waals surface area contributed by atoms with Gasteiger partial charge < -0.3 is 9.47 Å². The number of aryl methyl sites for hydroxylation is 1. The molecular formula is C24H26FNO4. The van der Waals surface area contributed by atoms with E-state index in [4.69, 9.17) is 9.47 Å². The van der Waals surface area contributed by atoms with Gasteiger partial charge in [-0.05, 0) is 38.0 Å². The van der Waals surface area contributed by atoms with Crippen molar-refractivity contribution >= 4 is 22.8 Å². The molecule has 3 aromatic rings. The minimum absolute atomic E-state index is 0.0154. The zero-order valence-corrected chi connectivity index (χ0v) is 17.9. The van der Waals surface area contributed by atoms with Crippen LogP contribution in [-0.2, 0) is 4.79 Å². The minimum atomic E-state index is -0.599. The van der Waals surface area contributed by atoms with Gasteiger partial charge in [0.1, 0.15) is 0 Å². The second-order valence-electron chi connectivity index (χ2n) is 7.62. The molecule has 6 heteroatoms. The summed E-state index contributed by atoms with van der Waals surface area (Å²) in [4.78, 5) is 25.7. The summed E-state index contributed by atoms with van der Waals surface area (Å²) in [6, 6.07) is 9.81. The average molecular weight is 411 g/mol. The summed E-state index contributed by atoms with van der Waals surface area (Å²) in [5.74, 6) is -0.882. The summed E-state index contributed by atoms with van der Waals surface area (Å²) in [5.41, 5.74) is 2.23. The van der Waals surface area contributed by atoms with Gasteiger partial charge in [-0.25, -0.2) is 4.39 Å². The van der Waals surface area contributed by atoms with Crippen molar-refractivity contribution in [3.63, 3.8) is 0 Å². The molecule has 158 valence electrons. The second kappa shape index (κ2) is 8.69. The minimum Gasteiger partial charge on any atom is -0.494 e. The van der Waals surface area contributed by atoms with Gasteiger partial charge >= 0.3 is 5.97 Å². The van der Waals surface area contributed by atoms with Crippen LogP contribution in [0.3, 0.4) is 0 Å². The predicted octanol–water partition coefficient (Wildman–Crippen LogP) is 5.44. The lowest BCUT2D eigenvalue weighted by molar-refractivity contribution is -0.135. The Morgan fingerprint density at radius 2 is 1.80 bits per heavy atom. The van der Waals surface area contributed by atoms with Gasteiger partial charge in [0.2, 0.25) is 0 Å². The van der Waals surface area contributed by atoms with E-state index in [0.29, 0.717) is 22.2 Å². The number of carbonyl (C=O) groups excluding carboxylic acids is 2. The van der Waals surface area contributed by atoms with E-state index >= 15 is 0 Å². The fourth-order valence-corrected chi connectivity index (χ4v) is 3.34. The molecule has 0 saturated heterocycles. The fraction of sp³-hybridized carbons (Fsp3) is 0.333. The molecule has 1 heterocycles. The van der Waals surface area contributed by atoms with Crippen molar-refractivity contribution in [3.05, 3.63) is 59.0 Å². The van der Waals surface area contributed by atoms with Gasteiger partial charge in [-0.15, -0.1) is 0 Å². The molecule has 3 rings (SSSR count). The Morgan fingerprint density at radius 1 is 1.13 bits per heavy atom. The molecule has 0 aliphatic heterocycles. The molecule has 0 fully saturated rings. The fourth-order valence-electron chi connectivity index (χ4n) is 3.34. The molecule has 0 amide bonds. The summed E-state index contributed by atoms with van der Waals surface area (Å²) in [6.07, 6.45) is 1.10. The lowest BCUT2D eigenvalue weighted by Gasteiger charge is -2.10. The van der Waals surface area contributed by atoms with Crippen LogP contribution < -0.4 is 9.47 Å². The number of hydrogen-bond acceptors (Lipinski definition) is 4. The van der Waals surface area contributed by atoms with Crippen LogP contribution in [0.25, 0.3) is 10.9 Å². The van der Waals surface area contributed by atoms with E-state index in [9.17, 15) is 14.0 Å². The van der Waals surface area contributed by atoms with E-state index in [-0.39, 0.29) is 29.7 Å². The Bertz CT molecular complexity index is 1100. The molecule has 5 nitrogen and oxygen atoms in total. The van der Waals surface area contributed by atoms with Crippen molar-refractivity contribution in [1.82, 2.24) is 4.57 Å². The van der Waals surface area contributed by atoms with Gasteiger partial charge in [0.25, 0.3) is 5.91 Å². The standard InChI is InChI=1S/C24H26FNO4/c1-6-14(2)11-22(27)30-23-16(4)26(24(28)17-9-7-15(3)8-10-17)20-13-19(25)21(29-5)12-18(20)23/h7-10,12-14H,6,11H2,1-5H3. The quantitative estimate of drug-likeness (QED) is 0.507. The molecule has 0 aliphatic rings. The zero-order chi connectivity index (χ0) is 22.0. The van der Waals surface area contributed by atoms with Crippen molar-refractivity contribution < 1.29 is 23.5 Å². The number of nitrogens with zero attached hydrogens (tertiary/aromatic N) is 1. The summed E-state index contributed by atoms with van der Waals surface area (Å²) in [7, 11) is 1.36. The highest BCUT2D eigenvalue weighted by Gasteiger charge is 2.25. The number of carbonyl (C=O) groups is 2. The highest BCUT2D eigenvalue weighted by Crippen LogP contribution is 2.37. The van der Waals surface area contributed by atoms with E-state index < -0.39 is 11.8 Å². The molecule has 30 heavy (non-hydrogen) atoms. The number of aromatic nitrogens is 1. The van der Waals surface area contributed by atoms with Crippen LogP contribution in [-0.4, -0.2) is 23.6 Å². The molecular weight excluding hydrogens is 385 g/mol. The number of fused-ring (bicyclic) bond motifs is 1. The number of halogens is 1. The van der Waals surface area contributed by atoms with Gasteiger partial charge in [-0.3, -0.25) is 14.2 Å². The Morgan fingerprint density at radius 3 is 2.40 bits per heavy atom. The molecule has 2 aromatic carbocycles. The van der Waals surface area contributed by atoms with Crippen molar-refractivity contribution in [2.24, 2.45) is 5.92 Å². The Kier molecular flexibility index (Phi) is 6.25. The van der Waals surface area contributed by atoms with Crippen molar-refractivity contribution in [3.8, 4) is 11.5 Å². The summed E-state index contributed by atoms with van der Waals surface area (Å²) in [6.45, 7) is 7.59. The van der Waals surface area contributed by atoms with Crippen molar-refractivity contribution in [2.75, 3.05) is 7.11 Å². The Balaban J connectivity index is 2.16. The van der Waals surface area contributed by atoms with Crippen LogP contribution in [0.15, 0.2) is 36.4 Å². The molecule has 0 radical (unpaired) electrons. The van der Waals surface area contributed by atoms with Crippen LogP contribution in [0, 0.1) is 25.6 Å². The van der Waals surface area contributed by atoms with Gasteiger partial charge in [-0.2, -0.15) is 0 Å². The molecule has 1 atom stereocenters. The monoisotopic (exact) mass is 411 g/mol. The van der Waals surface area contributed by atoms with E-state index in [1.807, 2.05) is 32.9 Å². The first-order valence-electron chi connectivity index (χ1n) is 9.97. The van der Waals surface area contributed by atoms with E-state index in [1.54, 1.807) is 19.1 Å². The largest absolute Gasteiger partial charge is 0.494 e. The molecule has 1 unspecified atom stereocenters. The molecule has 0 saturated carbocycles. The van der Waals surface area contributed by atoms with Gasteiger partial charge in [-0.1, -0.05) is 38.0 Å². The number of ether oxygens (including phenoxy) is 2. The van der Waals surface area contributed by atoms with E-state index in [1.165, 1.54) is 23.8 Å². The third-order valence-electron chi connectivity index (χ3n) is 5.35. The summed E-state index contributed by atoms with van der Waals surface area (Å²) < 4.78 is 26.6. The first kappa shape index (κ1) is 21.6. The molecule has 0 spiro atoms. The number of esters is 1. The third kappa shape index (κ3) is 4.08. The SMILES string of the molecule is CCC(C)CC(=O)Oc1c(C)n(C(=O)c2ccc(C)cc2)c2cc(F)c(OC)cc12. The highest BCUT2D eigenvalue weighted by molar-refractivity contribution is 6.05. The lowest BCUT2D eigenvalue weighted by atomic mass is 10.1. The van der Waals surface area contributed by atoms with Crippen LogP contribution >= 0.6 is 0 Å². The molecule has 0 bridgehead atoms. The molecule has 1 aromatic heterocycles. The van der Waals surface area contributed by atoms with Crippen LogP contribution in [0.4, 0.5) is 4.39 Å². The summed E-state index contributed by atoms with van der Waals surface area (Å²) in [5, 5.41) is 0.448. The second-order valence-corrected chi connectivity index (χ2v) is 7.62. The normalized spacial score (nSPS) is 12.1. The molecule has 0 aliphatic carbocycles. The topological polar surface area (TPSA) is 57.5 Å². The smallest absolute Gasteiger partial charge is 0.311 e. The van der Waals surface area contributed by atoms with Gasteiger partial charge in [0.05, 0.1) is 18.3 Å². The van der Waals surface area contributed by atoms with Crippen LogP contribution in [0.1, 0.15) is 48.3 Å². The first-order chi connectivity index (χ1) is 14.3. The van der Waals surface area contributed by atoms with Crippen LogP contribution in [0.5, 0.6) is 11.5 Å². The van der Waals surface area contributed by atoms with E-state index in [2.05, 4.69) is 0 Å². The highest BCUT2D eigenvalue weighted by atomic mass is 19.1. The summed E-state index contributed by atoms with van der Waals surface area (Å²) >= 11 is 0. The Labute approximate surface area is 175 Å². The third-order valence-corrected chi connectivity index (χ3v) is 5.35. The van der Waals surface area contributed by atoms with Gasteiger partial charge in [0.15, 0.2) is 17.3 Å².